The van der Waals surface area contributed by atoms with Crippen LogP contribution in [0.3, 0.4) is 0 Å². The summed E-state index contributed by atoms with van der Waals surface area (Å²) in [4.78, 5) is 19.2. The molecule has 112 valence electrons. The molecule has 0 bridgehead atoms. The number of benzene rings is 1. The van der Waals surface area contributed by atoms with Gasteiger partial charge < -0.3 is 9.72 Å². The molecule has 0 aliphatic rings. The van der Waals surface area contributed by atoms with Gasteiger partial charge in [-0.15, -0.1) is 0 Å². The minimum absolute atomic E-state index is 0.268. The number of fused-ring (bicyclic) bond motifs is 1. The van der Waals surface area contributed by atoms with Crippen LogP contribution in [0.2, 0.25) is 0 Å². The van der Waals surface area contributed by atoms with Gasteiger partial charge in [0.2, 0.25) is 0 Å². The van der Waals surface area contributed by atoms with Crippen LogP contribution in [0.4, 0.5) is 8.78 Å². The average molecular weight is 302 g/mol. The van der Waals surface area contributed by atoms with Crippen LogP contribution in [-0.2, 0) is 4.74 Å². The number of aromatic nitrogens is 2. The number of hydrogen-bond donors (Lipinski definition) is 1. The molecule has 4 nitrogen and oxygen atoms in total. The largest absolute Gasteiger partial charge is 0.454 e. The molecule has 0 aliphatic carbocycles. The van der Waals surface area contributed by atoms with Crippen LogP contribution >= 0.6 is 0 Å². The van der Waals surface area contributed by atoms with Crippen molar-refractivity contribution in [3.63, 3.8) is 0 Å². The topological polar surface area (TPSA) is 55.0 Å². The van der Waals surface area contributed by atoms with E-state index in [2.05, 4.69) is 9.97 Å². The van der Waals surface area contributed by atoms with E-state index in [1.54, 1.807) is 12.3 Å². The molecular formula is C16H12F2N2O2. The highest BCUT2D eigenvalue weighted by Gasteiger charge is 2.21. The molecule has 3 aromatic rings. The van der Waals surface area contributed by atoms with Gasteiger partial charge in [-0.1, -0.05) is 6.07 Å². The Hall–Kier alpha value is -2.76. The van der Waals surface area contributed by atoms with Crippen molar-refractivity contribution < 1.29 is 18.3 Å². The smallest absolute Gasteiger partial charge is 0.339 e. The van der Waals surface area contributed by atoms with Crippen LogP contribution < -0.4 is 0 Å². The molecule has 0 fully saturated rings. The Morgan fingerprint density at radius 3 is 2.68 bits per heavy atom. The second kappa shape index (κ2) is 5.55. The van der Waals surface area contributed by atoms with Gasteiger partial charge in [0.25, 0.3) is 0 Å². The Morgan fingerprint density at radius 2 is 1.95 bits per heavy atom. The molecule has 0 aliphatic heterocycles. The summed E-state index contributed by atoms with van der Waals surface area (Å²) in [5.74, 6) is -2.16. The quantitative estimate of drug-likeness (QED) is 0.749. The standard InChI is InChI=1S/C16H12F2N2O2/c1-9(14-12(17)3-2-4-13(14)18)22-16(21)11-6-8-20-15-10(11)5-7-19-15/h2-9H,1H3,(H,19,20)/t9-/m1/s1. The maximum atomic E-state index is 13.7. The van der Waals surface area contributed by atoms with Crippen LogP contribution in [-0.4, -0.2) is 15.9 Å². The molecule has 6 heteroatoms. The summed E-state index contributed by atoms with van der Waals surface area (Å²) in [7, 11) is 0. The molecule has 3 rings (SSSR count). The molecule has 0 radical (unpaired) electrons. The molecule has 1 N–H and O–H groups in total. The number of nitrogens with zero attached hydrogens (tertiary/aromatic N) is 1. The fraction of sp³-hybridized carbons (Fsp3) is 0.125. The molecule has 1 aromatic carbocycles. The minimum Gasteiger partial charge on any atom is -0.454 e. The fourth-order valence-corrected chi connectivity index (χ4v) is 2.32. The Balaban J connectivity index is 1.90. The number of nitrogens with one attached hydrogen (secondary N) is 1. The van der Waals surface area contributed by atoms with E-state index >= 15 is 0 Å². The number of aromatic amines is 1. The lowest BCUT2D eigenvalue weighted by molar-refractivity contribution is 0.0326. The highest BCUT2D eigenvalue weighted by Crippen LogP contribution is 2.25. The van der Waals surface area contributed by atoms with E-state index in [9.17, 15) is 13.6 Å². The summed E-state index contributed by atoms with van der Waals surface area (Å²) in [6, 6.07) is 6.70. The van der Waals surface area contributed by atoms with Crippen LogP contribution in [0, 0.1) is 11.6 Å². The maximum absolute atomic E-state index is 13.7. The van der Waals surface area contributed by atoms with Crippen LogP contribution in [0.15, 0.2) is 42.7 Å². The molecule has 22 heavy (non-hydrogen) atoms. The van der Waals surface area contributed by atoms with Crippen molar-refractivity contribution in [3.8, 4) is 0 Å². The van der Waals surface area contributed by atoms with Gasteiger partial charge in [-0.25, -0.2) is 18.6 Å². The lowest BCUT2D eigenvalue weighted by atomic mass is 10.1. The summed E-state index contributed by atoms with van der Waals surface area (Å²) in [5, 5.41) is 0.591. The van der Waals surface area contributed by atoms with Gasteiger partial charge in [0.1, 0.15) is 23.4 Å². The van der Waals surface area contributed by atoms with Crippen molar-refractivity contribution in [3.05, 3.63) is 65.5 Å². The number of hydrogen-bond acceptors (Lipinski definition) is 3. The van der Waals surface area contributed by atoms with Gasteiger partial charge in [0.05, 0.1) is 11.1 Å². The number of carbonyl (C=O) groups excluding carboxylic acids is 1. The van der Waals surface area contributed by atoms with E-state index in [-0.39, 0.29) is 11.1 Å². The first-order valence-corrected chi connectivity index (χ1v) is 6.65. The highest BCUT2D eigenvalue weighted by molar-refractivity contribution is 6.02. The summed E-state index contributed by atoms with van der Waals surface area (Å²) in [6.45, 7) is 1.43. The number of ether oxygens (including phenoxy) is 1. The Labute approximate surface area is 124 Å². The van der Waals surface area contributed by atoms with Gasteiger partial charge in [0.15, 0.2) is 0 Å². The van der Waals surface area contributed by atoms with Gasteiger partial charge in [-0.2, -0.15) is 0 Å². The molecule has 0 amide bonds. The summed E-state index contributed by atoms with van der Waals surface area (Å²) in [6.07, 6.45) is 2.06. The predicted octanol–water partition coefficient (Wildman–Crippen LogP) is 3.76. The Bertz CT molecular complexity index is 825. The Kier molecular flexibility index (Phi) is 3.58. The molecule has 0 unspecified atom stereocenters. The van der Waals surface area contributed by atoms with Crippen molar-refractivity contribution in [1.29, 1.82) is 0 Å². The third-order valence-corrected chi connectivity index (χ3v) is 3.37. The van der Waals surface area contributed by atoms with E-state index in [1.165, 1.54) is 25.3 Å². The van der Waals surface area contributed by atoms with Crippen LogP contribution in [0.5, 0.6) is 0 Å². The van der Waals surface area contributed by atoms with Gasteiger partial charge in [-0.05, 0) is 31.2 Å². The van der Waals surface area contributed by atoms with Crippen LogP contribution in [0.25, 0.3) is 11.0 Å². The normalized spacial score (nSPS) is 12.3. The second-order valence-electron chi connectivity index (χ2n) is 4.78. The highest BCUT2D eigenvalue weighted by atomic mass is 19.1. The van der Waals surface area contributed by atoms with E-state index < -0.39 is 23.7 Å². The zero-order chi connectivity index (χ0) is 15.7. The lowest BCUT2D eigenvalue weighted by Crippen LogP contribution is -2.12. The van der Waals surface area contributed by atoms with E-state index in [4.69, 9.17) is 4.74 Å². The van der Waals surface area contributed by atoms with E-state index in [0.717, 1.165) is 12.1 Å². The average Bonchev–Trinajstić information content (AvgIpc) is 2.95. The minimum atomic E-state index is -1.05. The third-order valence-electron chi connectivity index (χ3n) is 3.37. The summed E-state index contributed by atoms with van der Waals surface area (Å²) >= 11 is 0. The number of pyridine rings is 1. The van der Waals surface area contributed by atoms with Gasteiger partial charge >= 0.3 is 5.97 Å². The molecule has 0 saturated heterocycles. The zero-order valence-electron chi connectivity index (χ0n) is 11.6. The molecule has 2 aromatic heterocycles. The maximum Gasteiger partial charge on any atom is 0.339 e. The fourth-order valence-electron chi connectivity index (χ4n) is 2.32. The van der Waals surface area contributed by atoms with Crippen molar-refractivity contribution in [1.82, 2.24) is 9.97 Å². The van der Waals surface area contributed by atoms with Gasteiger partial charge in [0, 0.05) is 17.8 Å². The second-order valence-corrected chi connectivity index (χ2v) is 4.78. The number of H-pyrrole nitrogens is 1. The number of esters is 1. The third kappa shape index (κ3) is 2.43. The lowest BCUT2D eigenvalue weighted by Gasteiger charge is -2.15. The molecule has 2 heterocycles. The Morgan fingerprint density at radius 1 is 1.23 bits per heavy atom. The number of halogens is 2. The van der Waals surface area contributed by atoms with Crippen molar-refractivity contribution in [2.24, 2.45) is 0 Å². The number of carbonyl (C=O) groups is 1. The molecule has 1 atom stereocenters. The van der Waals surface area contributed by atoms with Gasteiger partial charge in [-0.3, -0.25) is 0 Å². The summed E-state index contributed by atoms with van der Waals surface area (Å²) < 4.78 is 32.6. The summed E-state index contributed by atoms with van der Waals surface area (Å²) in [5.41, 5.74) is 0.559. The molecular weight excluding hydrogens is 290 g/mol. The van der Waals surface area contributed by atoms with Crippen molar-refractivity contribution in [2.45, 2.75) is 13.0 Å². The zero-order valence-corrected chi connectivity index (χ0v) is 11.6. The first-order chi connectivity index (χ1) is 10.6. The van der Waals surface area contributed by atoms with E-state index in [0.29, 0.717) is 11.0 Å². The monoisotopic (exact) mass is 302 g/mol. The number of rotatable bonds is 3. The van der Waals surface area contributed by atoms with Crippen LogP contribution in [0.1, 0.15) is 28.9 Å². The SMILES string of the molecule is C[C@@H](OC(=O)c1ccnc2[nH]ccc12)c1c(F)cccc1F. The first kappa shape index (κ1) is 14.2. The first-order valence-electron chi connectivity index (χ1n) is 6.65. The molecule has 0 saturated carbocycles. The van der Waals surface area contributed by atoms with E-state index in [1.807, 2.05) is 0 Å². The molecule has 0 spiro atoms. The van der Waals surface area contributed by atoms with Crippen molar-refractivity contribution >= 4 is 17.0 Å². The van der Waals surface area contributed by atoms with Crippen molar-refractivity contribution in [2.75, 3.05) is 0 Å². The predicted molar refractivity (Wildman–Crippen MR) is 76.3 cm³/mol.